The Labute approximate surface area is 129 Å². The monoisotopic (exact) mass is 342 g/mol. The number of nitrogens with one attached hydrogen (secondary N) is 1. The number of hydrogen-bond donors (Lipinski definition) is 2. The van der Waals surface area contributed by atoms with Crippen LogP contribution in [0.4, 0.5) is 5.69 Å². The summed E-state index contributed by atoms with van der Waals surface area (Å²) >= 11 is 3.67. The van der Waals surface area contributed by atoms with Crippen molar-refractivity contribution in [2.24, 2.45) is 0 Å². The molecule has 1 fully saturated rings. The molecule has 0 bridgehead atoms. The number of hydrogen-bond acceptors (Lipinski definition) is 4. The summed E-state index contributed by atoms with van der Waals surface area (Å²) in [6, 6.07) is 6.83. The van der Waals surface area contributed by atoms with Gasteiger partial charge in [-0.3, -0.25) is 0 Å². The minimum atomic E-state index is -0.0870. The van der Waals surface area contributed by atoms with Crippen molar-refractivity contribution in [1.82, 2.24) is 5.32 Å². The van der Waals surface area contributed by atoms with Crippen LogP contribution in [0.3, 0.4) is 0 Å². The van der Waals surface area contributed by atoms with Gasteiger partial charge in [0.2, 0.25) is 0 Å². The number of aliphatic hydroxyl groups excluding tert-OH is 1. The maximum Gasteiger partial charge on any atom is 0.0980 e. The molecule has 1 aromatic rings. The molecular formula is C15H23BrN2O2. The summed E-state index contributed by atoms with van der Waals surface area (Å²) < 4.78 is 6.59. The first kappa shape index (κ1) is 15.8. The molecule has 2 rings (SSSR count). The lowest BCUT2D eigenvalue weighted by Crippen LogP contribution is -2.44. The maximum absolute atomic E-state index is 9.23. The third-order valence-electron chi connectivity index (χ3n) is 3.67. The molecule has 0 radical (unpaired) electrons. The van der Waals surface area contributed by atoms with Gasteiger partial charge in [-0.25, -0.2) is 0 Å². The molecule has 1 aliphatic heterocycles. The van der Waals surface area contributed by atoms with E-state index in [9.17, 15) is 5.11 Å². The normalized spacial score (nSPS) is 21.0. The number of nitrogens with zero attached hydrogens (tertiary/aromatic N) is 1. The van der Waals surface area contributed by atoms with Gasteiger partial charge in [0.25, 0.3) is 0 Å². The molecule has 0 amide bonds. The van der Waals surface area contributed by atoms with E-state index in [0.29, 0.717) is 12.6 Å². The summed E-state index contributed by atoms with van der Waals surface area (Å²) in [5, 5.41) is 12.6. The van der Waals surface area contributed by atoms with Gasteiger partial charge >= 0.3 is 0 Å². The fourth-order valence-corrected chi connectivity index (χ4v) is 3.17. The first-order valence-corrected chi connectivity index (χ1v) is 7.95. The summed E-state index contributed by atoms with van der Waals surface area (Å²) in [7, 11) is 0. The molecule has 0 spiro atoms. The van der Waals surface area contributed by atoms with E-state index >= 15 is 0 Å². The van der Waals surface area contributed by atoms with Crippen LogP contribution >= 0.6 is 15.9 Å². The minimum Gasteiger partial charge on any atom is -0.394 e. The van der Waals surface area contributed by atoms with Crippen molar-refractivity contribution >= 4 is 21.6 Å². The van der Waals surface area contributed by atoms with E-state index < -0.39 is 0 Å². The Kier molecular flexibility index (Phi) is 5.84. The Morgan fingerprint density at radius 1 is 1.55 bits per heavy atom. The second-order valence-corrected chi connectivity index (χ2v) is 5.97. The molecule has 20 heavy (non-hydrogen) atoms. The van der Waals surface area contributed by atoms with Gasteiger partial charge < -0.3 is 20.1 Å². The molecule has 0 aromatic heterocycles. The number of aliphatic hydroxyl groups is 1. The number of morpholine rings is 1. The molecule has 0 aliphatic carbocycles. The molecular weight excluding hydrogens is 320 g/mol. The van der Waals surface area contributed by atoms with Crippen LogP contribution in [-0.2, 0) is 4.74 Å². The van der Waals surface area contributed by atoms with Gasteiger partial charge in [-0.2, -0.15) is 0 Å². The van der Waals surface area contributed by atoms with Crippen molar-refractivity contribution in [3.63, 3.8) is 0 Å². The zero-order chi connectivity index (χ0) is 14.5. The van der Waals surface area contributed by atoms with Gasteiger partial charge in [0, 0.05) is 23.6 Å². The fraction of sp³-hybridized carbons (Fsp3) is 0.600. The number of halogens is 1. The number of benzene rings is 1. The second-order valence-electron chi connectivity index (χ2n) is 5.11. The van der Waals surface area contributed by atoms with E-state index in [1.54, 1.807) is 0 Å². The Bertz CT molecular complexity index is 442. The van der Waals surface area contributed by atoms with Crippen LogP contribution in [0, 0.1) is 0 Å². The van der Waals surface area contributed by atoms with E-state index in [-0.39, 0.29) is 12.7 Å². The van der Waals surface area contributed by atoms with E-state index in [0.717, 1.165) is 24.1 Å². The first-order chi connectivity index (χ1) is 9.65. The highest BCUT2D eigenvalue weighted by Gasteiger charge is 2.21. The van der Waals surface area contributed by atoms with Crippen LogP contribution in [0.2, 0.25) is 0 Å². The zero-order valence-electron chi connectivity index (χ0n) is 12.1. The van der Waals surface area contributed by atoms with Crippen LogP contribution in [0.1, 0.15) is 25.5 Å². The predicted molar refractivity (Wildman–Crippen MR) is 85.3 cm³/mol. The van der Waals surface area contributed by atoms with Gasteiger partial charge in [-0.15, -0.1) is 0 Å². The van der Waals surface area contributed by atoms with E-state index in [1.807, 2.05) is 0 Å². The van der Waals surface area contributed by atoms with Crippen LogP contribution in [-0.4, -0.2) is 44.1 Å². The van der Waals surface area contributed by atoms with Crippen LogP contribution in [0.15, 0.2) is 22.7 Å². The van der Waals surface area contributed by atoms with Crippen molar-refractivity contribution in [3.8, 4) is 0 Å². The SMILES string of the molecule is CCNC(C)c1ccc(N2CCOC(CO)C2)c(Br)c1. The quantitative estimate of drug-likeness (QED) is 0.861. The average Bonchev–Trinajstić information content (AvgIpc) is 2.47. The number of anilines is 1. The van der Waals surface area contributed by atoms with E-state index in [1.165, 1.54) is 11.3 Å². The minimum absolute atomic E-state index is 0.0731. The predicted octanol–water partition coefficient (Wildman–Crippen LogP) is 2.32. The summed E-state index contributed by atoms with van der Waals surface area (Å²) in [5.74, 6) is 0. The van der Waals surface area contributed by atoms with Gasteiger partial charge in [0.05, 0.1) is 25.0 Å². The molecule has 2 unspecified atom stereocenters. The largest absolute Gasteiger partial charge is 0.394 e. The van der Waals surface area contributed by atoms with Crippen molar-refractivity contribution < 1.29 is 9.84 Å². The first-order valence-electron chi connectivity index (χ1n) is 7.16. The Morgan fingerprint density at radius 2 is 2.35 bits per heavy atom. The van der Waals surface area contributed by atoms with Crippen molar-refractivity contribution in [3.05, 3.63) is 28.2 Å². The third-order valence-corrected chi connectivity index (χ3v) is 4.30. The fourth-order valence-electron chi connectivity index (χ4n) is 2.52. The second kappa shape index (κ2) is 7.41. The van der Waals surface area contributed by atoms with Crippen molar-refractivity contribution in [2.75, 3.05) is 37.7 Å². The highest BCUT2D eigenvalue weighted by molar-refractivity contribution is 9.10. The third kappa shape index (κ3) is 3.73. The number of rotatable bonds is 5. The summed E-state index contributed by atoms with van der Waals surface area (Å²) in [6.07, 6.45) is -0.0870. The Morgan fingerprint density at radius 3 is 3.00 bits per heavy atom. The van der Waals surface area contributed by atoms with Crippen LogP contribution in [0.5, 0.6) is 0 Å². The molecule has 0 saturated carbocycles. The zero-order valence-corrected chi connectivity index (χ0v) is 13.7. The van der Waals surface area contributed by atoms with Gasteiger partial charge in [-0.05, 0) is 47.1 Å². The molecule has 1 heterocycles. The van der Waals surface area contributed by atoms with Crippen molar-refractivity contribution in [2.45, 2.75) is 26.0 Å². The van der Waals surface area contributed by atoms with E-state index in [4.69, 9.17) is 4.74 Å². The van der Waals surface area contributed by atoms with Gasteiger partial charge in [-0.1, -0.05) is 13.0 Å². The summed E-state index contributed by atoms with van der Waals surface area (Å²) in [5.41, 5.74) is 2.44. The van der Waals surface area contributed by atoms with Crippen LogP contribution in [0.25, 0.3) is 0 Å². The van der Waals surface area contributed by atoms with Crippen molar-refractivity contribution in [1.29, 1.82) is 0 Å². The standard InChI is InChI=1S/C15H23BrN2O2/c1-3-17-11(2)12-4-5-15(14(16)8-12)18-6-7-20-13(9-18)10-19/h4-5,8,11,13,17,19H,3,6-7,9-10H2,1-2H3. The highest BCUT2D eigenvalue weighted by Crippen LogP contribution is 2.30. The summed E-state index contributed by atoms with van der Waals surface area (Å²) in [4.78, 5) is 2.26. The Balaban J connectivity index is 2.13. The maximum atomic E-state index is 9.23. The summed E-state index contributed by atoms with van der Waals surface area (Å²) in [6.45, 7) is 7.57. The smallest absolute Gasteiger partial charge is 0.0980 e. The molecule has 1 aliphatic rings. The molecule has 2 N–H and O–H groups in total. The number of ether oxygens (including phenoxy) is 1. The van der Waals surface area contributed by atoms with Gasteiger partial charge in [0.15, 0.2) is 0 Å². The molecule has 112 valence electrons. The van der Waals surface area contributed by atoms with Gasteiger partial charge in [0.1, 0.15) is 0 Å². The lowest BCUT2D eigenvalue weighted by molar-refractivity contribution is 0.00353. The molecule has 5 heteroatoms. The van der Waals surface area contributed by atoms with E-state index in [2.05, 4.69) is 58.2 Å². The highest BCUT2D eigenvalue weighted by atomic mass is 79.9. The lowest BCUT2D eigenvalue weighted by Gasteiger charge is -2.34. The topological polar surface area (TPSA) is 44.7 Å². The molecule has 1 aromatic carbocycles. The molecule has 2 atom stereocenters. The average molecular weight is 343 g/mol. The molecule has 4 nitrogen and oxygen atoms in total. The van der Waals surface area contributed by atoms with Crippen LogP contribution < -0.4 is 10.2 Å². The lowest BCUT2D eigenvalue weighted by atomic mass is 10.1. The Hall–Kier alpha value is -0.620. The molecule has 1 saturated heterocycles.